The second-order valence-corrected chi connectivity index (χ2v) is 3.63. The molecule has 1 aromatic rings. The van der Waals surface area contributed by atoms with Crippen molar-refractivity contribution in [2.45, 2.75) is 18.4 Å². The van der Waals surface area contributed by atoms with Crippen LogP contribution in [0, 0.1) is 18.3 Å². The Balaban J connectivity index is 3.44. The highest BCUT2D eigenvalue weighted by molar-refractivity contribution is 9.08. The second-order valence-electron chi connectivity index (χ2n) is 3.07. The van der Waals surface area contributed by atoms with Gasteiger partial charge in [-0.05, 0) is 24.1 Å². The lowest BCUT2D eigenvalue weighted by molar-refractivity contribution is -0.138. The third kappa shape index (κ3) is 2.51. The van der Waals surface area contributed by atoms with E-state index in [2.05, 4.69) is 15.9 Å². The SMILES string of the molecule is Cc1cc(CBr)c(C(F)(F)F)cc1C#N. The highest BCUT2D eigenvalue weighted by Crippen LogP contribution is 2.34. The van der Waals surface area contributed by atoms with E-state index in [-0.39, 0.29) is 16.5 Å². The Morgan fingerprint density at radius 1 is 1.40 bits per heavy atom. The van der Waals surface area contributed by atoms with Gasteiger partial charge in [-0.15, -0.1) is 0 Å². The molecule has 1 aromatic carbocycles. The van der Waals surface area contributed by atoms with Crippen LogP contribution in [0.2, 0.25) is 0 Å². The lowest BCUT2D eigenvalue weighted by Gasteiger charge is -2.12. The van der Waals surface area contributed by atoms with Gasteiger partial charge in [0.2, 0.25) is 0 Å². The van der Waals surface area contributed by atoms with E-state index in [4.69, 9.17) is 5.26 Å². The van der Waals surface area contributed by atoms with Crippen molar-refractivity contribution >= 4 is 15.9 Å². The molecule has 0 aromatic heterocycles. The van der Waals surface area contributed by atoms with Crippen LogP contribution in [0.4, 0.5) is 13.2 Å². The standard InChI is InChI=1S/C10H7BrF3N/c1-6-2-7(4-11)9(10(12,13)14)3-8(6)5-15/h2-3H,4H2,1H3. The highest BCUT2D eigenvalue weighted by Gasteiger charge is 2.33. The summed E-state index contributed by atoms with van der Waals surface area (Å²) in [5.74, 6) is 0. The zero-order valence-corrected chi connectivity index (χ0v) is 9.41. The van der Waals surface area contributed by atoms with Crippen molar-refractivity contribution in [1.29, 1.82) is 5.26 Å². The van der Waals surface area contributed by atoms with Crippen LogP contribution in [0.3, 0.4) is 0 Å². The minimum Gasteiger partial charge on any atom is -0.192 e. The van der Waals surface area contributed by atoms with Crippen LogP contribution >= 0.6 is 15.9 Å². The molecule has 1 rings (SSSR count). The second kappa shape index (κ2) is 4.23. The number of halogens is 4. The number of hydrogen-bond acceptors (Lipinski definition) is 1. The summed E-state index contributed by atoms with van der Waals surface area (Å²) in [5, 5.41) is 8.76. The number of nitrogens with zero attached hydrogens (tertiary/aromatic N) is 1. The van der Waals surface area contributed by atoms with E-state index in [0.717, 1.165) is 6.07 Å². The molecule has 80 valence electrons. The van der Waals surface area contributed by atoms with Gasteiger partial charge in [0.15, 0.2) is 0 Å². The highest BCUT2D eigenvalue weighted by atomic mass is 79.9. The molecule has 0 bridgehead atoms. The van der Waals surface area contributed by atoms with Crippen molar-refractivity contribution in [2.24, 2.45) is 0 Å². The number of alkyl halides is 4. The Hall–Kier alpha value is -1.02. The zero-order valence-electron chi connectivity index (χ0n) is 7.82. The van der Waals surface area contributed by atoms with Crippen molar-refractivity contribution in [3.8, 4) is 6.07 Å². The van der Waals surface area contributed by atoms with Crippen LogP contribution < -0.4 is 0 Å². The first kappa shape index (κ1) is 12.1. The van der Waals surface area contributed by atoms with Crippen LogP contribution in [0.1, 0.15) is 22.3 Å². The van der Waals surface area contributed by atoms with Gasteiger partial charge in [-0.1, -0.05) is 22.0 Å². The maximum atomic E-state index is 12.6. The van der Waals surface area contributed by atoms with Gasteiger partial charge in [0.1, 0.15) is 0 Å². The van der Waals surface area contributed by atoms with E-state index in [1.54, 1.807) is 13.0 Å². The van der Waals surface area contributed by atoms with Crippen LogP contribution in [0.15, 0.2) is 12.1 Å². The molecular weight excluding hydrogens is 271 g/mol. The molecule has 0 aliphatic heterocycles. The number of benzene rings is 1. The maximum Gasteiger partial charge on any atom is 0.416 e. The number of aryl methyl sites for hydroxylation is 1. The molecule has 0 spiro atoms. The van der Waals surface area contributed by atoms with E-state index in [1.807, 2.05) is 0 Å². The van der Waals surface area contributed by atoms with Gasteiger partial charge < -0.3 is 0 Å². The molecule has 0 saturated carbocycles. The molecular formula is C10H7BrF3N. The Morgan fingerprint density at radius 3 is 2.40 bits per heavy atom. The summed E-state index contributed by atoms with van der Waals surface area (Å²) in [6.45, 7) is 1.62. The van der Waals surface area contributed by atoms with Crippen molar-refractivity contribution in [2.75, 3.05) is 0 Å². The first-order chi connectivity index (χ1) is 6.90. The third-order valence-corrected chi connectivity index (χ3v) is 2.62. The molecule has 0 atom stereocenters. The predicted octanol–water partition coefficient (Wildman–Crippen LogP) is 3.78. The Labute approximate surface area is 93.6 Å². The van der Waals surface area contributed by atoms with E-state index in [0.29, 0.717) is 5.56 Å². The zero-order chi connectivity index (χ0) is 11.6. The molecule has 0 fully saturated rings. The third-order valence-electron chi connectivity index (χ3n) is 2.02. The van der Waals surface area contributed by atoms with E-state index < -0.39 is 11.7 Å². The van der Waals surface area contributed by atoms with Gasteiger partial charge in [-0.2, -0.15) is 18.4 Å². The molecule has 0 amide bonds. The van der Waals surface area contributed by atoms with E-state index >= 15 is 0 Å². The van der Waals surface area contributed by atoms with Crippen molar-refractivity contribution < 1.29 is 13.2 Å². The quantitative estimate of drug-likeness (QED) is 0.717. The van der Waals surface area contributed by atoms with Crippen LogP contribution in [0.5, 0.6) is 0 Å². The van der Waals surface area contributed by atoms with Gasteiger partial charge in [-0.3, -0.25) is 0 Å². The molecule has 0 N–H and O–H groups in total. The molecule has 0 radical (unpaired) electrons. The molecule has 0 heterocycles. The smallest absolute Gasteiger partial charge is 0.192 e. The lowest BCUT2D eigenvalue weighted by atomic mass is 10.0. The molecule has 5 heteroatoms. The van der Waals surface area contributed by atoms with Gasteiger partial charge in [0, 0.05) is 5.33 Å². The Bertz CT molecular complexity index is 418. The van der Waals surface area contributed by atoms with E-state index in [1.165, 1.54) is 6.07 Å². The first-order valence-electron chi connectivity index (χ1n) is 4.07. The molecule has 0 saturated heterocycles. The van der Waals surface area contributed by atoms with Gasteiger partial charge in [0.05, 0.1) is 17.2 Å². The molecule has 0 aliphatic carbocycles. The topological polar surface area (TPSA) is 23.8 Å². The van der Waals surface area contributed by atoms with Crippen LogP contribution in [-0.4, -0.2) is 0 Å². The fourth-order valence-electron chi connectivity index (χ4n) is 1.26. The van der Waals surface area contributed by atoms with Gasteiger partial charge in [0.25, 0.3) is 0 Å². The molecule has 0 unspecified atom stereocenters. The predicted molar refractivity (Wildman–Crippen MR) is 53.5 cm³/mol. The average Bonchev–Trinajstić information content (AvgIpc) is 2.15. The fourth-order valence-corrected chi connectivity index (χ4v) is 1.73. The van der Waals surface area contributed by atoms with Crippen LogP contribution in [-0.2, 0) is 11.5 Å². The Kier molecular flexibility index (Phi) is 3.40. The van der Waals surface area contributed by atoms with Gasteiger partial charge >= 0.3 is 6.18 Å². The molecule has 1 nitrogen and oxygen atoms in total. The number of nitriles is 1. The summed E-state index contributed by atoms with van der Waals surface area (Å²) in [5.41, 5.74) is 0.0208. The average molecular weight is 278 g/mol. The lowest BCUT2D eigenvalue weighted by Crippen LogP contribution is -2.09. The molecule has 0 aliphatic rings. The molecule has 15 heavy (non-hydrogen) atoms. The normalized spacial score (nSPS) is 11.2. The summed E-state index contributed by atoms with van der Waals surface area (Å²) in [6.07, 6.45) is -4.41. The fraction of sp³-hybridized carbons (Fsp3) is 0.300. The van der Waals surface area contributed by atoms with E-state index in [9.17, 15) is 13.2 Å². The maximum absolute atomic E-state index is 12.6. The monoisotopic (exact) mass is 277 g/mol. The summed E-state index contributed by atoms with van der Waals surface area (Å²) in [7, 11) is 0. The van der Waals surface area contributed by atoms with Gasteiger partial charge in [-0.25, -0.2) is 0 Å². The minimum atomic E-state index is -4.41. The summed E-state index contributed by atoms with van der Waals surface area (Å²) in [6, 6.07) is 4.02. The minimum absolute atomic E-state index is 0.0621. The van der Waals surface area contributed by atoms with Crippen LogP contribution in [0.25, 0.3) is 0 Å². The Morgan fingerprint density at radius 2 is 2.00 bits per heavy atom. The number of rotatable bonds is 1. The summed E-state index contributed by atoms with van der Waals surface area (Å²) in [4.78, 5) is 0. The summed E-state index contributed by atoms with van der Waals surface area (Å²) < 4.78 is 37.7. The largest absolute Gasteiger partial charge is 0.416 e. The van der Waals surface area contributed by atoms with Crippen molar-refractivity contribution in [3.05, 3.63) is 34.4 Å². The van der Waals surface area contributed by atoms with Crippen molar-refractivity contribution in [3.63, 3.8) is 0 Å². The first-order valence-corrected chi connectivity index (χ1v) is 5.19. The number of hydrogen-bond donors (Lipinski definition) is 0. The van der Waals surface area contributed by atoms with Crippen molar-refractivity contribution in [1.82, 2.24) is 0 Å². The summed E-state index contributed by atoms with van der Waals surface area (Å²) >= 11 is 3.00.